The Bertz CT molecular complexity index is 291. The number of hydrazone groups is 1. The molecule has 86 valence electrons. The Morgan fingerprint density at radius 1 is 1.60 bits per heavy atom. The summed E-state index contributed by atoms with van der Waals surface area (Å²) in [5, 5.41) is 4.23. The molecule has 4 heteroatoms. The third-order valence-electron chi connectivity index (χ3n) is 2.55. The SMILES string of the molecule is CCOC(=O)C1(C)CC(C(C)(C)C)=NN1. The Balaban J connectivity index is 2.70. The maximum Gasteiger partial charge on any atom is 0.333 e. The Labute approximate surface area is 91.1 Å². The lowest BCUT2D eigenvalue weighted by atomic mass is 9.83. The maximum absolute atomic E-state index is 11.7. The van der Waals surface area contributed by atoms with E-state index in [1.807, 2.05) is 13.8 Å². The molecule has 1 rings (SSSR count). The molecule has 0 bridgehead atoms. The Morgan fingerprint density at radius 3 is 2.60 bits per heavy atom. The summed E-state index contributed by atoms with van der Waals surface area (Å²) in [6, 6.07) is 0. The van der Waals surface area contributed by atoms with Crippen LogP contribution in [0.15, 0.2) is 5.10 Å². The monoisotopic (exact) mass is 212 g/mol. The summed E-state index contributed by atoms with van der Waals surface area (Å²) in [7, 11) is 0. The third-order valence-corrected chi connectivity index (χ3v) is 2.55. The van der Waals surface area contributed by atoms with Gasteiger partial charge in [0.05, 0.1) is 6.61 Å². The van der Waals surface area contributed by atoms with E-state index in [9.17, 15) is 4.79 Å². The molecular weight excluding hydrogens is 192 g/mol. The average Bonchev–Trinajstić information content (AvgIpc) is 2.49. The number of ether oxygens (including phenoxy) is 1. The van der Waals surface area contributed by atoms with E-state index in [1.165, 1.54) is 0 Å². The van der Waals surface area contributed by atoms with Crippen LogP contribution in [-0.2, 0) is 9.53 Å². The summed E-state index contributed by atoms with van der Waals surface area (Å²) in [5.74, 6) is -0.229. The molecule has 1 atom stereocenters. The van der Waals surface area contributed by atoms with Crippen molar-refractivity contribution in [3.8, 4) is 0 Å². The zero-order valence-electron chi connectivity index (χ0n) is 10.2. The van der Waals surface area contributed by atoms with Crippen LogP contribution in [0.4, 0.5) is 0 Å². The average molecular weight is 212 g/mol. The van der Waals surface area contributed by atoms with Crippen LogP contribution >= 0.6 is 0 Å². The molecule has 4 nitrogen and oxygen atoms in total. The van der Waals surface area contributed by atoms with Gasteiger partial charge < -0.3 is 4.74 Å². The van der Waals surface area contributed by atoms with Crippen LogP contribution in [0, 0.1) is 5.41 Å². The van der Waals surface area contributed by atoms with Gasteiger partial charge in [0, 0.05) is 17.5 Å². The van der Waals surface area contributed by atoms with E-state index in [0.29, 0.717) is 13.0 Å². The summed E-state index contributed by atoms with van der Waals surface area (Å²) in [5.41, 5.74) is 3.22. The molecule has 1 aliphatic rings. The van der Waals surface area contributed by atoms with Gasteiger partial charge in [-0.15, -0.1) is 0 Å². The number of carbonyl (C=O) groups is 1. The van der Waals surface area contributed by atoms with Crippen LogP contribution in [-0.4, -0.2) is 23.8 Å². The minimum atomic E-state index is -0.682. The van der Waals surface area contributed by atoms with Crippen LogP contribution in [0.25, 0.3) is 0 Å². The van der Waals surface area contributed by atoms with Gasteiger partial charge in [0.25, 0.3) is 0 Å². The molecule has 0 aliphatic carbocycles. The minimum Gasteiger partial charge on any atom is -0.464 e. The fourth-order valence-electron chi connectivity index (χ4n) is 1.45. The lowest BCUT2D eigenvalue weighted by Crippen LogP contribution is -2.45. The molecule has 0 spiro atoms. The van der Waals surface area contributed by atoms with E-state index in [4.69, 9.17) is 4.74 Å². The van der Waals surface area contributed by atoms with Crippen molar-refractivity contribution < 1.29 is 9.53 Å². The summed E-state index contributed by atoms with van der Waals surface area (Å²) in [6.45, 7) is 10.3. The van der Waals surface area contributed by atoms with Gasteiger partial charge in [0.1, 0.15) is 0 Å². The van der Waals surface area contributed by atoms with Crippen LogP contribution in [0.1, 0.15) is 41.0 Å². The second-order valence-electron chi connectivity index (χ2n) is 5.15. The van der Waals surface area contributed by atoms with E-state index in [1.54, 1.807) is 0 Å². The lowest BCUT2D eigenvalue weighted by molar-refractivity contribution is -0.149. The molecule has 0 fully saturated rings. The van der Waals surface area contributed by atoms with Crippen molar-refractivity contribution in [1.29, 1.82) is 0 Å². The molecule has 0 aromatic heterocycles. The highest BCUT2D eigenvalue weighted by Gasteiger charge is 2.42. The molecule has 1 heterocycles. The summed E-state index contributed by atoms with van der Waals surface area (Å²) < 4.78 is 5.02. The lowest BCUT2D eigenvalue weighted by Gasteiger charge is -2.23. The largest absolute Gasteiger partial charge is 0.464 e. The number of rotatable bonds is 2. The highest BCUT2D eigenvalue weighted by molar-refractivity contribution is 5.97. The van der Waals surface area contributed by atoms with Crippen molar-refractivity contribution in [3.05, 3.63) is 0 Å². The first kappa shape index (κ1) is 12.0. The molecule has 0 aromatic carbocycles. The predicted molar refractivity (Wildman–Crippen MR) is 59.7 cm³/mol. The number of nitrogens with one attached hydrogen (secondary N) is 1. The zero-order chi connectivity index (χ0) is 11.7. The number of nitrogens with zero attached hydrogens (tertiary/aromatic N) is 1. The second kappa shape index (κ2) is 3.83. The number of hydrogen-bond donors (Lipinski definition) is 1. The van der Waals surface area contributed by atoms with Crippen LogP contribution in [0.3, 0.4) is 0 Å². The standard InChI is InChI=1S/C11H20N2O2/c1-6-15-9(14)11(5)7-8(12-13-11)10(2,3)4/h13H,6-7H2,1-5H3. The van der Waals surface area contributed by atoms with Crippen molar-refractivity contribution in [2.45, 2.75) is 46.6 Å². The fraction of sp³-hybridized carbons (Fsp3) is 0.818. The zero-order valence-corrected chi connectivity index (χ0v) is 10.2. The number of esters is 1. The smallest absolute Gasteiger partial charge is 0.333 e. The van der Waals surface area contributed by atoms with Crippen molar-refractivity contribution >= 4 is 11.7 Å². The van der Waals surface area contributed by atoms with Crippen molar-refractivity contribution in [2.24, 2.45) is 10.5 Å². The van der Waals surface area contributed by atoms with Gasteiger partial charge in [-0.05, 0) is 13.8 Å². The van der Waals surface area contributed by atoms with Gasteiger partial charge in [-0.25, -0.2) is 4.79 Å². The van der Waals surface area contributed by atoms with Gasteiger partial charge in [0.2, 0.25) is 0 Å². The van der Waals surface area contributed by atoms with Gasteiger partial charge in [-0.3, -0.25) is 5.43 Å². The van der Waals surface area contributed by atoms with Crippen LogP contribution in [0.5, 0.6) is 0 Å². The van der Waals surface area contributed by atoms with Crippen LogP contribution < -0.4 is 5.43 Å². The minimum absolute atomic E-state index is 0.00272. The quantitative estimate of drug-likeness (QED) is 0.709. The third kappa shape index (κ3) is 2.49. The first-order valence-corrected chi connectivity index (χ1v) is 5.31. The fourth-order valence-corrected chi connectivity index (χ4v) is 1.45. The van der Waals surface area contributed by atoms with Gasteiger partial charge >= 0.3 is 5.97 Å². The van der Waals surface area contributed by atoms with E-state index in [2.05, 4.69) is 31.3 Å². The van der Waals surface area contributed by atoms with E-state index in [-0.39, 0.29) is 11.4 Å². The Hall–Kier alpha value is -1.06. The molecule has 1 unspecified atom stereocenters. The van der Waals surface area contributed by atoms with Crippen molar-refractivity contribution in [2.75, 3.05) is 6.61 Å². The van der Waals surface area contributed by atoms with E-state index < -0.39 is 5.54 Å². The highest BCUT2D eigenvalue weighted by atomic mass is 16.5. The topological polar surface area (TPSA) is 50.7 Å². The molecule has 1 aliphatic heterocycles. The second-order valence-corrected chi connectivity index (χ2v) is 5.15. The first-order valence-electron chi connectivity index (χ1n) is 5.31. The molecule has 0 amide bonds. The molecule has 0 saturated heterocycles. The first-order chi connectivity index (χ1) is 6.79. The normalized spacial score (nSPS) is 25.8. The summed E-state index contributed by atoms with van der Waals surface area (Å²) >= 11 is 0. The van der Waals surface area contributed by atoms with Crippen molar-refractivity contribution in [1.82, 2.24) is 5.43 Å². The van der Waals surface area contributed by atoms with Crippen molar-refractivity contribution in [3.63, 3.8) is 0 Å². The number of hydrogen-bond acceptors (Lipinski definition) is 4. The summed E-state index contributed by atoms with van der Waals surface area (Å²) in [6.07, 6.45) is 0.620. The predicted octanol–water partition coefficient (Wildman–Crippen LogP) is 1.70. The summed E-state index contributed by atoms with van der Waals surface area (Å²) in [4.78, 5) is 11.7. The highest BCUT2D eigenvalue weighted by Crippen LogP contribution is 2.28. The number of carbonyl (C=O) groups excluding carboxylic acids is 1. The Kier molecular flexibility index (Phi) is 3.07. The molecule has 0 aromatic rings. The maximum atomic E-state index is 11.7. The molecule has 15 heavy (non-hydrogen) atoms. The Morgan fingerprint density at radius 2 is 2.20 bits per heavy atom. The van der Waals surface area contributed by atoms with Gasteiger partial charge in [0.15, 0.2) is 5.54 Å². The van der Waals surface area contributed by atoms with E-state index in [0.717, 1.165) is 5.71 Å². The molecular formula is C11H20N2O2. The van der Waals surface area contributed by atoms with E-state index >= 15 is 0 Å². The van der Waals surface area contributed by atoms with Gasteiger partial charge in [-0.1, -0.05) is 20.8 Å². The molecule has 1 N–H and O–H groups in total. The molecule has 0 saturated carbocycles. The molecule has 0 radical (unpaired) electrons. The van der Waals surface area contributed by atoms with Gasteiger partial charge in [-0.2, -0.15) is 5.10 Å². The van der Waals surface area contributed by atoms with Crippen LogP contribution in [0.2, 0.25) is 0 Å².